The van der Waals surface area contributed by atoms with Crippen LogP contribution in [0.3, 0.4) is 0 Å². The van der Waals surface area contributed by atoms with Crippen LogP contribution in [0.25, 0.3) is 0 Å². The van der Waals surface area contributed by atoms with E-state index in [1.165, 1.54) is 19.2 Å². The molecule has 2 rings (SSSR count). The van der Waals surface area contributed by atoms with Crippen LogP contribution >= 0.6 is 0 Å². The van der Waals surface area contributed by atoms with Gasteiger partial charge < -0.3 is 10.1 Å². The molecule has 0 spiro atoms. The number of nitrogens with one attached hydrogen (secondary N) is 1. The molecule has 2 aromatic carbocycles. The molecule has 1 atom stereocenters. The van der Waals surface area contributed by atoms with E-state index in [-0.39, 0.29) is 12.3 Å². The zero-order chi connectivity index (χ0) is 17.5. The Morgan fingerprint density at radius 2 is 1.83 bits per heavy atom. The number of carbonyl (C=O) groups is 2. The second kappa shape index (κ2) is 8.24. The van der Waals surface area contributed by atoms with Crippen LogP contribution in [0.4, 0.5) is 4.39 Å². The highest BCUT2D eigenvalue weighted by Crippen LogP contribution is 2.08. The van der Waals surface area contributed by atoms with Gasteiger partial charge in [0.1, 0.15) is 11.9 Å². The van der Waals surface area contributed by atoms with Gasteiger partial charge in [-0.1, -0.05) is 42.0 Å². The Morgan fingerprint density at radius 1 is 1.12 bits per heavy atom. The first-order valence-electron chi connectivity index (χ1n) is 7.65. The molecule has 0 radical (unpaired) electrons. The van der Waals surface area contributed by atoms with Crippen molar-refractivity contribution in [3.8, 4) is 0 Å². The average molecular weight is 329 g/mol. The number of hydrogen-bond donors (Lipinski definition) is 1. The Bertz CT molecular complexity index is 713. The predicted octanol–water partition coefficient (Wildman–Crippen LogP) is 2.58. The van der Waals surface area contributed by atoms with Crippen LogP contribution in [-0.2, 0) is 27.2 Å². The zero-order valence-corrected chi connectivity index (χ0v) is 13.7. The molecule has 4 nitrogen and oxygen atoms in total. The van der Waals surface area contributed by atoms with Crippen molar-refractivity contribution in [2.24, 2.45) is 0 Å². The van der Waals surface area contributed by atoms with Crippen molar-refractivity contribution in [1.29, 1.82) is 0 Å². The van der Waals surface area contributed by atoms with Gasteiger partial charge in [0.15, 0.2) is 0 Å². The quantitative estimate of drug-likeness (QED) is 0.829. The van der Waals surface area contributed by atoms with Crippen LogP contribution in [0.1, 0.15) is 16.7 Å². The van der Waals surface area contributed by atoms with Gasteiger partial charge in [0.2, 0.25) is 5.91 Å². The number of benzene rings is 2. The predicted molar refractivity (Wildman–Crippen MR) is 88.9 cm³/mol. The minimum Gasteiger partial charge on any atom is -0.467 e. The van der Waals surface area contributed by atoms with Crippen LogP contribution in [-0.4, -0.2) is 25.0 Å². The number of methoxy groups -OCH3 is 1. The van der Waals surface area contributed by atoms with Gasteiger partial charge >= 0.3 is 5.97 Å². The maximum Gasteiger partial charge on any atom is 0.328 e. The lowest BCUT2D eigenvalue weighted by Gasteiger charge is -2.17. The molecule has 0 fully saturated rings. The molecule has 2 aromatic rings. The largest absolute Gasteiger partial charge is 0.467 e. The molecule has 0 saturated carbocycles. The van der Waals surface area contributed by atoms with Gasteiger partial charge in [-0.15, -0.1) is 0 Å². The first-order chi connectivity index (χ1) is 11.5. The van der Waals surface area contributed by atoms with E-state index < -0.39 is 17.8 Å². The van der Waals surface area contributed by atoms with Crippen LogP contribution in [0, 0.1) is 12.7 Å². The van der Waals surface area contributed by atoms with E-state index >= 15 is 0 Å². The molecule has 0 aliphatic rings. The van der Waals surface area contributed by atoms with E-state index in [0.717, 1.165) is 11.1 Å². The summed E-state index contributed by atoms with van der Waals surface area (Å²) in [6, 6.07) is 12.7. The summed E-state index contributed by atoms with van der Waals surface area (Å²) in [5.74, 6) is -1.27. The zero-order valence-electron chi connectivity index (χ0n) is 13.7. The Balaban J connectivity index is 2.03. The molecule has 24 heavy (non-hydrogen) atoms. The molecule has 0 heterocycles. The van der Waals surface area contributed by atoms with Gasteiger partial charge in [0.05, 0.1) is 13.5 Å². The van der Waals surface area contributed by atoms with Crippen LogP contribution < -0.4 is 5.32 Å². The molecule has 5 heteroatoms. The number of aryl methyl sites for hydroxylation is 1. The smallest absolute Gasteiger partial charge is 0.328 e. The van der Waals surface area contributed by atoms with E-state index in [4.69, 9.17) is 4.74 Å². The fourth-order valence-corrected chi connectivity index (χ4v) is 2.37. The maximum atomic E-state index is 13.2. The fraction of sp³-hybridized carbons (Fsp3) is 0.263. The average Bonchev–Trinajstić information content (AvgIpc) is 2.55. The number of halogens is 1. The summed E-state index contributed by atoms with van der Waals surface area (Å²) < 4.78 is 17.9. The van der Waals surface area contributed by atoms with Gasteiger partial charge in [-0.2, -0.15) is 0 Å². The molecular formula is C19H20FNO3. The molecule has 126 valence electrons. The van der Waals surface area contributed by atoms with Gasteiger partial charge in [-0.3, -0.25) is 4.79 Å². The molecular weight excluding hydrogens is 309 g/mol. The number of ether oxygens (including phenoxy) is 1. The third-order valence-corrected chi connectivity index (χ3v) is 3.64. The molecule has 0 aromatic heterocycles. The van der Waals surface area contributed by atoms with E-state index in [1.54, 1.807) is 12.1 Å². The molecule has 0 aliphatic carbocycles. The van der Waals surface area contributed by atoms with Crippen molar-refractivity contribution in [1.82, 2.24) is 5.32 Å². The molecule has 0 bridgehead atoms. The van der Waals surface area contributed by atoms with Crippen molar-refractivity contribution in [3.05, 3.63) is 71.0 Å². The number of carbonyl (C=O) groups excluding carboxylic acids is 2. The second-order valence-electron chi connectivity index (χ2n) is 5.64. The van der Waals surface area contributed by atoms with Gasteiger partial charge in [0, 0.05) is 6.42 Å². The lowest BCUT2D eigenvalue weighted by molar-refractivity contribution is -0.145. The number of esters is 1. The Labute approximate surface area is 140 Å². The lowest BCUT2D eigenvalue weighted by atomic mass is 10.0. The fourth-order valence-electron chi connectivity index (χ4n) is 2.37. The summed E-state index contributed by atoms with van der Waals surface area (Å²) in [6.45, 7) is 1.97. The minimum atomic E-state index is -0.779. The Kier molecular flexibility index (Phi) is 6.07. The summed E-state index contributed by atoms with van der Waals surface area (Å²) >= 11 is 0. The Hall–Kier alpha value is -2.69. The number of amides is 1. The van der Waals surface area contributed by atoms with E-state index in [0.29, 0.717) is 12.0 Å². The van der Waals surface area contributed by atoms with E-state index in [2.05, 4.69) is 5.32 Å². The van der Waals surface area contributed by atoms with Gasteiger partial charge in [-0.25, -0.2) is 9.18 Å². The summed E-state index contributed by atoms with van der Waals surface area (Å²) in [4.78, 5) is 24.1. The standard InChI is InChI=1S/C19H20FNO3/c1-13-6-8-14(9-7-13)11-17(19(23)24-2)21-18(22)12-15-4-3-5-16(20)10-15/h3-10,17H,11-12H2,1-2H3,(H,21,22)/t17-/m0/s1. The Morgan fingerprint density at radius 3 is 2.46 bits per heavy atom. The summed E-state index contributed by atoms with van der Waals surface area (Å²) in [7, 11) is 1.28. The summed E-state index contributed by atoms with van der Waals surface area (Å²) in [5.41, 5.74) is 2.58. The first kappa shape index (κ1) is 17.7. The maximum absolute atomic E-state index is 13.2. The third-order valence-electron chi connectivity index (χ3n) is 3.64. The molecule has 0 saturated heterocycles. The van der Waals surface area contributed by atoms with Crippen molar-refractivity contribution < 1.29 is 18.7 Å². The molecule has 0 aliphatic heterocycles. The van der Waals surface area contributed by atoms with Crippen molar-refractivity contribution in [2.75, 3.05) is 7.11 Å². The summed E-state index contributed by atoms with van der Waals surface area (Å²) in [6.07, 6.45) is 0.334. The molecule has 0 unspecified atom stereocenters. The topological polar surface area (TPSA) is 55.4 Å². The van der Waals surface area contributed by atoms with Crippen LogP contribution in [0.15, 0.2) is 48.5 Å². The van der Waals surface area contributed by atoms with E-state index in [9.17, 15) is 14.0 Å². The third kappa shape index (κ3) is 5.19. The highest BCUT2D eigenvalue weighted by Gasteiger charge is 2.22. The van der Waals surface area contributed by atoms with Crippen LogP contribution in [0.5, 0.6) is 0 Å². The monoisotopic (exact) mass is 329 g/mol. The SMILES string of the molecule is COC(=O)[C@H](Cc1ccc(C)cc1)NC(=O)Cc1cccc(F)c1. The lowest BCUT2D eigenvalue weighted by Crippen LogP contribution is -2.43. The second-order valence-corrected chi connectivity index (χ2v) is 5.64. The van der Waals surface area contributed by atoms with Crippen molar-refractivity contribution >= 4 is 11.9 Å². The highest BCUT2D eigenvalue weighted by atomic mass is 19.1. The van der Waals surface area contributed by atoms with E-state index in [1.807, 2.05) is 31.2 Å². The summed E-state index contributed by atoms with van der Waals surface area (Å²) in [5, 5.41) is 2.66. The van der Waals surface area contributed by atoms with Gasteiger partial charge in [0.25, 0.3) is 0 Å². The normalized spacial score (nSPS) is 11.6. The molecule has 1 N–H and O–H groups in total. The van der Waals surface area contributed by atoms with Gasteiger partial charge in [-0.05, 0) is 30.2 Å². The van der Waals surface area contributed by atoms with Crippen molar-refractivity contribution in [2.45, 2.75) is 25.8 Å². The first-order valence-corrected chi connectivity index (χ1v) is 7.65. The van der Waals surface area contributed by atoms with Crippen molar-refractivity contribution in [3.63, 3.8) is 0 Å². The highest BCUT2D eigenvalue weighted by molar-refractivity contribution is 5.85. The minimum absolute atomic E-state index is 0.000841. The van der Waals surface area contributed by atoms with Crippen LogP contribution in [0.2, 0.25) is 0 Å². The number of rotatable bonds is 6. The number of hydrogen-bond acceptors (Lipinski definition) is 3. The molecule has 1 amide bonds.